The summed E-state index contributed by atoms with van der Waals surface area (Å²) in [6, 6.07) is 11.4. The van der Waals surface area contributed by atoms with Gasteiger partial charge < -0.3 is 10.6 Å². The number of carbonyl (C=O) groups is 2. The largest absolute Gasteiger partial charge is 0.325 e. The summed E-state index contributed by atoms with van der Waals surface area (Å²) in [7, 11) is 0. The van der Waals surface area contributed by atoms with Crippen LogP contribution in [0.3, 0.4) is 0 Å². The number of hydrogen-bond donors (Lipinski definition) is 2. The Hall–Kier alpha value is -2.06. The van der Waals surface area contributed by atoms with Crippen molar-refractivity contribution in [3.8, 4) is 0 Å². The predicted molar refractivity (Wildman–Crippen MR) is 96.7 cm³/mol. The molecule has 4 nitrogen and oxygen atoms in total. The molecule has 2 N–H and O–H groups in total. The monoisotopic (exact) mass is 380 g/mol. The van der Waals surface area contributed by atoms with E-state index >= 15 is 0 Å². The third-order valence-corrected chi connectivity index (χ3v) is 5.32. The Balaban J connectivity index is 1.82. The molecule has 1 aliphatic rings. The lowest BCUT2D eigenvalue weighted by Crippen LogP contribution is -2.14. The summed E-state index contributed by atoms with van der Waals surface area (Å²) in [6.07, 6.45) is 0.416. The summed E-state index contributed by atoms with van der Waals surface area (Å²) in [5.74, 6) is -2.41. The molecule has 8 heteroatoms. The molecule has 0 spiro atoms. The molecular formula is C17H14F2N2O2S2. The molecule has 0 aromatic heterocycles. The Labute approximate surface area is 151 Å². The number of para-hydroxylation sites is 1. The molecule has 0 radical (unpaired) electrons. The number of rotatable bonds is 4. The van der Waals surface area contributed by atoms with Gasteiger partial charge in [-0.2, -0.15) is 8.78 Å². The van der Waals surface area contributed by atoms with Gasteiger partial charge in [0.15, 0.2) is 0 Å². The van der Waals surface area contributed by atoms with E-state index in [1.54, 1.807) is 48.2 Å². The smallest absolute Gasteiger partial charge is 0.288 e. The van der Waals surface area contributed by atoms with Crippen molar-refractivity contribution >= 4 is 46.7 Å². The lowest BCUT2D eigenvalue weighted by Gasteiger charge is -2.12. The number of fused-ring (bicyclic) bond motifs is 1. The first-order valence-corrected chi connectivity index (χ1v) is 9.31. The number of amides is 2. The molecule has 0 unspecified atom stereocenters. The van der Waals surface area contributed by atoms with E-state index < -0.39 is 11.7 Å². The van der Waals surface area contributed by atoms with Crippen LogP contribution in [-0.2, 0) is 4.79 Å². The topological polar surface area (TPSA) is 58.2 Å². The van der Waals surface area contributed by atoms with Crippen molar-refractivity contribution < 1.29 is 18.4 Å². The molecule has 2 amide bonds. The van der Waals surface area contributed by atoms with Crippen molar-refractivity contribution in [3.63, 3.8) is 0 Å². The molecule has 0 atom stereocenters. The minimum absolute atomic E-state index is 0.0949. The number of nitrogens with one attached hydrogen (secondary N) is 2. The lowest BCUT2D eigenvalue weighted by molar-refractivity contribution is -0.115. The van der Waals surface area contributed by atoms with Crippen LogP contribution in [0.15, 0.2) is 52.3 Å². The third kappa shape index (κ3) is 4.52. The SMILES string of the molecule is O=C1CCSc2ccc(C(=O)Nc3ccccc3SC(F)F)cc2N1. The molecule has 0 fully saturated rings. The highest BCUT2D eigenvalue weighted by Crippen LogP contribution is 2.33. The predicted octanol–water partition coefficient (Wildman–Crippen LogP) is 4.69. The molecule has 2 aromatic rings. The van der Waals surface area contributed by atoms with Gasteiger partial charge in [0.1, 0.15) is 0 Å². The minimum Gasteiger partial charge on any atom is -0.325 e. The average molecular weight is 380 g/mol. The number of halogens is 2. The van der Waals surface area contributed by atoms with Crippen LogP contribution in [0.2, 0.25) is 0 Å². The molecule has 0 aliphatic carbocycles. The lowest BCUT2D eigenvalue weighted by atomic mass is 10.1. The molecule has 130 valence electrons. The third-order valence-electron chi connectivity index (χ3n) is 3.45. The van der Waals surface area contributed by atoms with Gasteiger partial charge in [-0.15, -0.1) is 11.8 Å². The number of hydrogen-bond acceptors (Lipinski definition) is 4. The second kappa shape index (κ2) is 7.88. The Kier molecular flexibility index (Phi) is 5.60. The van der Waals surface area contributed by atoms with Gasteiger partial charge in [-0.05, 0) is 30.3 Å². The molecule has 2 aromatic carbocycles. The highest BCUT2D eigenvalue weighted by Gasteiger charge is 2.17. The van der Waals surface area contributed by atoms with Crippen LogP contribution in [-0.4, -0.2) is 23.3 Å². The highest BCUT2D eigenvalue weighted by molar-refractivity contribution is 7.99. The van der Waals surface area contributed by atoms with E-state index in [1.165, 1.54) is 6.07 Å². The van der Waals surface area contributed by atoms with E-state index in [9.17, 15) is 18.4 Å². The Morgan fingerprint density at radius 3 is 2.84 bits per heavy atom. The van der Waals surface area contributed by atoms with Crippen molar-refractivity contribution in [3.05, 3.63) is 48.0 Å². The van der Waals surface area contributed by atoms with Crippen LogP contribution in [0.25, 0.3) is 0 Å². The molecular weight excluding hydrogens is 366 g/mol. The fraction of sp³-hybridized carbons (Fsp3) is 0.176. The average Bonchev–Trinajstić information content (AvgIpc) is 2.75. The molecule has 1 heterocycles. The number of benzene rings is 2. The van der Waals surface area contributed by atoms with E-state index in [2.05, 4.69) is 10.6 Å². The summed E-state index contributed by atoms with van der Waals surface area (Å²) < 4.78 is 25.3. The second-order valence-electron chi connectivity index (χ2n) is 5.19. The van der Waals surface area contributed by atoms with Crippen molar-refractivity contribution in [2.75, 3.05) is 16.4 Å². The first-order chi connectivity index (χ1) is 12.0. The fourth-order valence-corrected chi connectivity index (χ4v) is 3.86. The minimum atomic E-state index is -2.57. The van der Waals surface area contributed by atoms with Crippen molar-refractivity contribution in [2.24, 2.45) is 0 Å². The Morgan fingerprint density at radius 2 is 2.04 bits per heavy atom. The van der Waals surface area contributed by atoms with E-state index in [0.717, 1.165) is 4.90 Å². The van der Waals surface area contributed by atoms with Crippen LogP contribution in [0.4, 0.5) is 20.2 Å². The van der Waals surface area contributed by atoms with Crippen LogP contribution in [0.1, 0.15) is 16.8 Å². The van der Waals surface area contributed by atoms with Gasteiger partial charge in [0, 0.05) is 27.5 Å². The van der Waals surface area contributed by atoms with Crippen molar-refractivity contribution in [2.45, 2.75) is 22.0 Å². The first kappa shape index (κ1) is 17.8. The normalized spacial score (nSPS) is 13.8. The summed E-state index contributed by atoms with van der Waals surface area (Å²) in [5, 5.41) is 5.43. The zero-order chi connectivity index (χ0) is 17.8. The zero-order valence-corrected chi connectivity index (χ0v) is 14.6. The Bertz CT molecular complexity index is 815. The van der Waals surface area contributed by atoms with Crippen LogP contribution in [0.5, 0.6) is 0 Å². The van der Waals surface area contributed by atoms with Crippen LogP contribution in [0, 0.1) is 0 Å². The molecule has 3 rings (SSSR count). The van der Waals surface area contributed by atoms with Gasteiger partial charge in [0.2, 0.25) is 5.91 Å². The van der Waals surface area contributed by atoms with Crippen molar-refractivity contribution in [1.82, 2.24) is 0 Å². The number of anilines is 2. The Morgan fingerprint density at radius 1 is 1.24 bits per heavy atom. The fourth-order valence-electron chi connectivity index (χ4n) is 2.32. The standard InChI is InChI=1S/C17H14F2N2O2S2/c18-17(19)25-14-4-2-1-3-11(14)21-16(23)10-5-6-13-12(9-10)20-15(22)7-8-24-13/h1-6,9,17H,7-8H2,(H,20,22)(H,21,23). The molecule has 0 saturated carbocycles. The van der Waals surface area contributed by atoms with Gasteiger partial charge in [0.05, 0.1) is 11.4 Å². The van der Waals surface area contributed by atoms with Crippen LogP contribution >= 0.6 is 23.5 Å². The molecule has 25 heavy (non-hydrogen) atoms. The van der Waals surface area contributed by atoms with Gasteiger partial charge in [-0.25, -0.2) is 0 Å². The maximum absolute atomic E-state index is 12.6. The maximum Gasteiger partial charge on any atom is 0.288 e. The molecule has 0 bridgehead atoms. The summed E-state index contributed by atoms with van der Waals surface area (Å²) >= 11 is 1.92. The number of thioether (sulfide) groups is 2. The quantitative estimate of drug-likeness (QED) is 0.756. The van der Waals surface area contributed by atoms with E-state index in [4.69, 9.17) is 0 Å². The van der Waals surface area contributed by atoms with Gasteiger partial charge in [0.25, 0.3) is 11.7 Å². The molecule has 1 aliphatic heterocycles. The van der Waals surface area contributed by atoms with Gasteiger partial charge in [-0.1, -0.05) is 23.9 Å². The van der Waals surface area contributed by atoms with Crippen molar-refractivity contribution in [1.29, 1.82) is 0 Å². The summed E-state index contributed by atoms with van der Waals surface area (Å²) in [4.78, 5) is 25.3. The summed E-state index contributed by atoms with van der Waals surface area (Å²) in [6.45, 7) is 0. The highest BCUT2D eigenvalue weighted by atomic mass is 32.2. The first-order valence-electron chi connectivity index (χ1n) is 7.45. The van der Waals surface area contributed by atoms with E-state index in [-0.39, 0.29) is 5.91 Å². The van der Waals surface area contributed by atoms with E-state index in [1.807, 2.05) is 0 Å². The van der Waals surface area contributed by atoms with E-state index in [0.29, 0.717) is 45.8 Å². The zero-order valence-electron chi connectivity index (χ0n) is 12.9. The van der Waals surface area contributed by atoms with Crippen LogP contribution < -0.4 is 10.6 Å². The number of alkyl halides is 2. The summed E-state index contributed by atoms with van der Waals surface area (Å²) in [5.41, 5.74) is 1.26. The van der Waals surface area contributed by atoms with Gasteiger partial charge >= 0.3 is 0 Å². The maximum atomic E-state index is 12.6. The number of carbonyl (C=O) groups excluding carboxylic acids is 2. The molecule has 0 saturated heterocycles. The van der Waals surface area contributed by atoms with Gasteiger partial charge in [-0.3, -0.25) is 9.59 Å². The second-order valence-corrected chi connectivity index (χ2v) is 7.35.